The minimum Gasteiger partial charge on any atom is -0.467 e. The predicted molar refractivity (Wildman–Crippen MR) is 149 cm³/mol. The van der Waals surface area contributed by atoms with Gasteiger partial charge in [0.05, 0.1) is 7.11 Å². The summed E-state index contributed by atoms with van der Waals surface area (Å²) in [5, 5.41) is 5.19. The minimum absolute atomic E-state index is 0.107. The van der Waals surface area contributed by atoms with E-state index in [0.717, 1.165) is 23.1 Å². The second kappa shape index (κ2) is 19.9. The number of methoxy groups -OCH3 is 1. The van der Waals surface area contributed by atoms with Gasteiger partial charge < -0.3 is 29.6 Å². The number of nitrogens with one attached hydrogen (secondary N) is 2. The molecular weight excluding hydrogens is 500 g/mol. The first-order chi connectivity index (χ1) is 18.7. The van der Waals surface area contributed by atoms with E-state index in [1.54, 1.807) is 6.92 Å². The van der Waals surface area contributed by atoms with Crippen molar-refractivity contribution in [2.75, 3.05) is 13.7 Å². The Balaban J connectivity index is 0.000000824. The zero-order valence-electron chi connectivity index (χ0n) is 23.1. The fraction of sp³-hybridized carbons (Fsp3) is 0.400. The molecule has 2 aromatic rings. The quantitative estimate of drug-likeness (QED) is 0.141. The third-order valence-electron chi connectivity index (χ3n) is 5.30. The van der Waals surface area contributed by atoms with Crippen LogP contribution >= 0.6 is 0 Å². The number of benzene rings is 2. The van der Waals surface area contributed by atoms with Crippen molar-refractivity contribution >= 4 is 23.9 Å². The van der Waals surface area contributed by atoms with E-state index >= 15 is 0 Å². The van der Waals surface area contributed by atoms with Gasteiger partial charge in [-0.3, -0.25) is 0 Å². The summed E-state index contributed by atoms with van der Waals surface area (Å²) in [6.45, 7) is 7.90. The lowest BCUT2D eigenvalue weighted by atomic mass is 10.1. The van der Waals surface area contributed by atoms with Crippen LogP contribution in [0.1, 0.15) is 57.1 Å². The average Bonchev–Trinajstić information content (AvgIpc) is 2.94. The second-order valence-electron chi connectivity index (χ2n) is 8.93. The van der Waals surface area contributed by atoms with E-state index in [-0.39, 0.29) is 19.0 Å². The first-order valence-electron chi connectivity index (χ1n) is 12.8. The van der Waals surface area contributed by atoms with Crippen molar-refractivity contribution in [1.82, 2.24) is 10.6 Å². The molecule has 2 aromatic carbocycles. The third-order valence-corrected chi connectivity index (χ3v) is 5.30. The zero-order valence-corrected chi connectivity index (χ0v) is 23.1. The number of amides is 2. The third kappa shape index (κ3) is 17.1. The van der Waals surface area contributed by atoms with Crippen molar-refractivity contribution in [3.63, 3.8) is 0 Å². The molecule has 0 saturated heterocycles. The maximum absolute atomic E-state index is 12.0. The number of alkyl carbamates (subject to hydrolysis) is 2. The van der Waals surface area contributed by atoms with Gasteiger partial charge in [-0.25, -0.2) is 14.4 Å². The maximum atomic E-state index is 12.0. The van der Waals surface area contributed by atoms with Crippen molar-refractivity contribution in [3.8, 4) is 0 Å². The van der Waals surface area contributed by atoms with Crippen LogP contribution in [0.3, 0.4) is 0 Å². The first-order valence-corrected chi connectivity index (χ1v) is 12.8. The first kappa shape index (κ1) is 32.9. The van der Waals surface area contributed by atoms with Crippen LogP contribution in [-0.2, 0) is 37.0 Å². The van der Waals surface area contributed by atoms with Gasteiger partial charge in [0.15, 0.2) is 0 Å². The number of Topliss-reactive ketones (excluding diaryl/α,β-unsaturated/α-hetero) is 1. The number of carbonyl (C=O) groups is 4. The van der Waals surface area contributed by atoms with Crippen LogP contribution in [0, 0.1) is 0 Å². The van der Waals surface area contributed by atoms with Crippen molar-refractivity contribution in [3.05, 3.63) is 83.9 Å². The summed E-state index contributed by atoms with van der Waals surface area (Å²) in [6, 6.07) is 17.8. The molecule has 2 N–H and O–H groups in total. The number of esters is 1. The molecular formula is C30H40N2O7. The molecule has 9 nitrogen and oxygen atoms in total. The smallest absolute Gasteiger partial charge is 0.408 e. The molecule has 0 heterocycles. The van der Waals surface area contributed by atoms with Gasteiger partial charge in [0, 0.05) is 13.0 Å². The van der Waals surface area contributed by atoms with Gasteiger partial charge >= 0.3 is 18.2 Å². The normalized spacial score (nSPS) is 10.6. The number of unbranched alkanes of at least 4 members (excludes halogenated alkanes) is 1. The summed E-state index contributed by atoms with van der Waals surface area (Å²) in [7, 11) is 1.26. The van der Waals surface area contributed by atoms with E-state index in [9.17, 15) is 19.2 Å². The molecule has 0 aliphatic rings. The molecule has 9 heteroatoms. The number of allylic oxidation sites excluding steroid dienone is 1. The van der Waals surface area contributed by atoms with Crippen LogP contribution < -0.4 is 10.6 Å². The highest BCUT2D eigenvalue weighted by Crippen LogP contribution is 2.06. The molecule has 1 atom stereocenters. The number of ketones is 1. The van der Waals surface area contributed by atoms with Crippen molar-refractivity contribution < 1.29 is 33.4 Å². The highest BCUT2D eigenvalue weighted by Gasteiger charge is 2.21. The Kier molecular flexibility index (Phi) is 16.8. The summed E-state index contributed by atoms with van der Waals surface area (Å²) in [6.07, 6.45) is 1.84. The molecule has 2 rings (SSSR count). The van der Waals surface area contributed by atoms with Crippen LogP contribution in [0.5, 0.6) is 0 Å². The zero-order chi connectivity index (χ0) is 28.9. The molecule has 0 aliphatic carbocycles. The lowest BCUT2D eigenvalue weighted by molar-refractivity contribution is -0.143. The van der Waals surface area contributed by atoms with Gasteiger partial charge in [0.2, 0.25) is 0 Å². The number of hydrogen-bond donors (Lipinski definition) is 2. The summed E-state index contributed by atoms with van der Waals surface area (Å²) < 4.78 is 15.0. The Morgan fingerprint density at radius 1 is 0.795 bits per heavy atom. The van der Waals surface area contributed by atoms with Gasteiger partial charge in [0.25, 0.3) is 0 Å². The number of carbonyl (C=O) groups excluding carboxylic acids is 4. The highest BCUT2D eigenvalue weighted by molar-refractivity contribution is 5.81. The van der Waals surface area contributed by atoms with Crippen LogP contribution in [0.2, 0.25) is 0 Å². The van der Waals surface area contributed by atoms with Crippen LogP contribution in [0.15, 0.2) is 72.8 Å². The highest BCUT2D eigenvalue weighted by atomic mass is 16.6. The lowest BCUT2D eigenvalue weighted by Gasteiger charge is -2.16. The molecule has 0 aromatic heterocycles. The van der Waals surface area contributed by atoms with Gasteiger partial charge in [0.1, 0.15) is 25.0 Å². The number of rotatable bonds is 14. The fourth-order valence-electron chi connectivity index (χ4n) is 3.13. The van der Waals surface area contributed by atoms with Crippen molar-refractivity contribution in [1.29, 1.82) is 0 Å². The Labute approximate surface area is 230 Å². The van der Waals surface area contributed by atoms with Gasteiger partial charge in [-0.1, -0.05) is 66.2 Å². The van der Waals surface area contributed by atoms with Gasteiger partial charge in [-0.2, -0.15) is 0 Å². The van der Waals surface area contributed by atoms with Gasteiger partial charge in [-0.15, -0.1) is 6.58 Å². The standard InChI is InChI=1S/C23H28N2O6.C7H12O/c1-29-21(26)20(25-23(28)31-17-19-12-6-3-7-13-19)14-8-9-15-24-22(27)30-16-18-10-4-2-5-11-18;1-6(2)4-5-7(3)8/h2-7,10-13,20H,8-9,14-17H2,1H3,(H,24,27)(H,25,28);1,4-5H2,2-3H3. The number of hydrogen-bond acceptors (Lipinski definition) is 7. The second-order valence-corrected chi connectivity index (χ2v) is 8.93. The molecule has 2 amide bonds. The van der Waals surface area contributed by atoms with Crippen molar-refractivity contribution in [2.24, 2.45) is 0 Å². The number of ether oxygens (including phenoxy) is 3. The molecule has 0 saturated carbocycles. The summed E-state index contributed by atoms with van der Waals surface area (Å²) in [5.41, 5.74) is 2.83. The van der Waals surface area contributed by atoms with E-state index in [0.29, 0.717) is 32.2 Å². The SMILES string of the molecule is C=C(C)CCC(C)=O.COC(=O)C(CCCCNC(=O)OCc1ccccc1)NC(=O)OCc1ccccc1. The molecule has 0 fully saturated rings. The minimum atomic E-state index is -0.821. The van der Waals surface area contributed by atoms with E-state index in [1.165, 1.54) is 7.11 Å². The largest absolute Gasteiger partial charge is 0.467 e. The summed E-state index contributed by atoms with van der Waals surface area (Å²) >= 11 is 0. The predicted octanol–water partition coefficient (Wildman–Crippen LogP) is 5.48. The molecule has 1 unspecified atom stereocenters. The molecule has 212 valence electrons. The van der Waals surface area contributed by atoms with Gasteiger partial charge in [-0.05, 0) is 50.7 Å². The lowest BCUT2D eigenvalue weighted by Crippen LogP contribution is -2.41. The monoisotopic (exact) mass is 540 g/mol. The Morgan fingerprint density at radius 2 is 1.33 bits per heavy atom. The molecule has 39 heavy (non-hydrogen) atoms. The fourth-order valence-corrected chi connectivity index (χ4v) is 3.13. The Bertz CT molecular complexity index is 1010. The molecule has 0 radical (unpaired) electrons. The van der Waals surface area contributed by atoms with Crippen LogP contribution in [0.4, 0.5) is 9.59 Å². The summed E-state index contributed by atoms with van der Waals surface area (Å²) in [5.74, 6) is -0.306. The average molecular weight is 541 g/mol. The van der Waals surface area contributed by atoms with E-state index in [4.69, 9.17) is 14.2 Å². The summed E-state index contributed by atoms with van der Waals surface area (Å²) in [4.78, 5) is 46.0. The van der Waals surface area contributed by atoms with E-state index < -0.39 is 24.2 Å². The molecule has 0 spiro atoms. The van der Waals surface area contributed by atoms with Crippen LogP contribution in [0.25, 0.3) is 0 Å². The van der Waals surface area contributed by atoms with E-state index in [2.05, 4.69) is 17.2 Å². The Hall–Kier alpha value is -4.14. The van der Waals surface area contributed by atoms with E-state index in [1.807, 2.05) is 67.6 Å². The van der Waals surface area contributed by atoms with Crippen LogP contribution in [-0.4, -0.2) is 43.6 Å². The maximum Gasteiger partial charge on any atom is 0.408 e. The molecule has 0 aliphatic heterocycles. The topological polar surface area (TPSA) is 120 Å². The molecule has 0 bridgehead atoms. The van der Waals surface area contributed by atoms with Crippen molar-refractivity contribution in [2.45, 2.75) is 65.2 Å². The Morgan fingerprint density at radius 3 is 1.79 bits per heavy atom.